The smallest absolute Gasteiger partial charge is 0.411 e. The number of rotatable bonds is 9. The number of pyridine rings is 1. The Kier molecular flexibility index (Phi) is 12.0. The fourth-order valence-corrected chi connectivity index (χ4v) is 10.6. The van der Waals surface area contributed by atoms with Gasteiger partial charge < -0.3 is 29.7 Å². The Morgan fingerprint density at radius 1 is 1.08 bits per heavy atom. The van der Waals surface area contributed by atoms with Crippen LogP contribution in [0.5, 0.6) is 11.6 Å². The molecule has 2 saturated carbocycles. The maximum Gasteiger partial charge on any atom is 0.411 e. The zero-order valence-electron chi connectivity index (χ0n) is 36.0. The Labute approximate surface area is 359 Å². The number of ether oxygens (including phenoxy) is 2. The van der Waals surface area contributed by atoms with Crippen molar-refractivity contribution in [2.45, 2.75) is 133 Å². The molecule has 7 atom stereocenters. The van der Waals surface area contributed by atoms with Crippen molar-refractivity contribution < 1.29 is 55.3 Å². The molecule has 0 spiro atoms. The molecule has 4 heterocycles. The normalized spacial score (nSPS) is 29.7. The lowest BCUT2D eigenvalue weighted by Gasteiger charge is -2.45. The molecule has 0 unspecified atom stereocenters. The van der Waals surface area contributed by atoms with Crippen LogP contribution < -0.4 is 24.4 Å². The summed E-state index contributed by atoms with van der Waals surface area (Å²) in [6, 6.07) is 3.85. The Bertz CT molecular complexity index is 2250. The molecule has 2 aliphatic carbocycles. The summed E-state index contributed by atoms with van der Waals surface area (Å²) in [5.41, 5.74) is -4.76. The zero-order valence-corrected chi connectivity index (χ0v) is 36.8. The molecule has 4 amide bonds. The van der Waals surface area contributed by atoms with Gasteiger partial charge in [-0.3, -0.25) is 24.0 Å². The number of methoxy groups -OCH3 is 1. The van der Waals surface area contributed by atoms with Crippen LogP contribution in [0.2, 0.25) is 0 Å². The molecule has 3 aliphatic heterocycles. The van der Waals surface area contributed by atoms with Crippen LogP contribution in [0.3, 0.4) is 0 Å². The number of allylic oxidation sites excluding steroid dienone is 1. The van der Waals surface area contributed by atoms with Crippen LogP contribution in [-0.4, -0.2) is 119 Å². The highest BCUT2D eigenvalue weighted by atomic mass is 32.2. The maximum atomic E-state index is 15.2. The number of carboxylic acid groups (broad SMARTS) is 1. The molecular formula is C43H57F3N6O9S. The molecule has 62 heavy (non-hydrogen) atoms. The number of nitrogens with one attached hydrogen (secondary N) is 2. The number of alkyl halides is 3. The van der Waals surface area contributed by atoms with Crippen LogP contribution in [0.4, 0.5) is 23.8 Å². The molecule has 15 nitrogen and oxygen atoms in total. The van der Waals surface area contributed by atoms with Crippen LogP contribution >= 0.6 is 0 Å². The highest BCUT2D eigenvalue weighted by Gasteiger charge is 2.64. The first-order chi connectivity index (χ1) is 29.0. The predicted octanol–water partition coefficient (Wildman–Crippen LogP) is 5.77. The lowest BCUT2D eigenvalue weighted by Crippen LogP contribution is -2.66. The maximum absolute atomic E-state index is 15.2. The second-order valence-electron chi connectivity index (χ2n) is 18.7. The number of sulfonamides is 1. The van der Waals surface area contributed by atoms with Crippen LogP contribution in [0.15, 0.2) is 36.4 Å². The quantitative estimate of drug-likeness (QED) is 0.260. The molecular weight excluding hydrogens is 834 g/mol. The van der Waals surface area contributed by atoms with Gasteiger partial charge in [0.15, 0.2) is 0 Å². The van der Waals surface area contributed by atoms with Gasteiger partial charge in [0.2, 0.25) is 27.7 Å². The first kappa shape index (κ1) is 45.2. The third-order valence-corrected chi connectivity index (χ3v) is 15.8. The minimum atomic E-state index is -5.10. The van der Waals surface area contributed by atoms with Crippen molar-refractivity contribution in [3.05, 3.63) is 36.4 Å². The largest absolute Gasteiger partial charge is 0.497 e. The average molecular weight is 891 g/mol. The van der Waals surface area contributed by atoms with E-state index in [1.165, 1.54) is 13.8 Å². The van der Waals surface area contributed by atoms with Crippen LogP contribution in [-0.2, 0) is 24.4 Å². The molecule has 1 aromatic heterocycles. The minimum absolute atomic E-state index is 0.0539. The van der Waals surface area contributed by atoms with Crippen molar-refractivity contribution in [1.82, 2.24) is 24.8 Å². The second-order valence-corrected chi connectivity index (χ2v) is 20.9. The highest BCUT2D eigenvalue weighted by molar-refractivity contribution is 7.91. The van der Waals surface area contributed by atoms with E-state index in [0.717, 1.165) is 36.2 Å². The van der Waals surface area contributed by atoms with Gasteiger partial charge in [0.25, 0.3) is 5.91 Å². The Morgan fingerprint density at radius 2 is 1.77 bits per heavy atom. The number of halogens is 3. The van der Waals surface area contributed by atoms with E-state index in [2.05, 4.69) is 14.9 Å². The second kappa shape index (κ2) is 16.4. The monoisotopic (exact) mass is 890 g/mol. The number of nitrogens with zero attached hydrogens (tertiary/aromatic N) is 4. The summed E-state index contributed by atoms with van der Waals surface area (Å²) in [5.74, 6) is -3.19. The predicted molar refractivity (Wildman–Crippen MR) is 223 cm³/mol. The Morgan fingerprint density at radius 3 is 2.40 bits per heavy atom. The van der Waals surface area contributed by atoms with Gasteiger partial charge in [-0.2, -0.15) is 18.2 Å². The molecule has 5 aliphatic rings. The summed E-state index contributed by atoms with van der Waals surface area (Å²) < 4.78 is 84.1. The first-order valence-electron chi connectivity index (χ1n) is 21.4. The number of carbonyl (C=O) groups excluding carboxylic acids is 3. The molecule has 0 radical (unpaired) electrons. The molecule has 19 heteroatoms. The Balaban J connectivity index is 1.31. The van der Waals surface area contributed by atoms with Crippen molar-refractivity contribution in [3.63, 3.8) is 0 Å². The molecule has 2 saturated heterocycles. The third kappa shape index (κ3) is 8.49. The van der Waals surface area contributed by atoms with E-state index >= 15 is 4.79 Å². The summed E-state index contributed by atoms with van der Waals surface area (Å²) in [5, 5.41) is 14.6. The first-order valence-corrected chi connectivity index (χ1v) is 22.9. The molecule has 3 N–H and O–H groups in total. The van der Waals surface area contributed by atoms with Gasteiger partial charge in [-0.1, -0.05) is 26.0 Å². The summed E-state index contributed by atoms with van der Waals surface area (Å²) in [4.78, 5) is 65.2. The van der Waals surface area contributed by atoms with Gasteiger partial charge in [0.1, 0.15) is 40.8 Å². The minimum Gasteiger partial charge on any atom is -0.497 e. The summed E-state index contributed by atoms with van der Waals surface area (Å²) >= 11 is 0. The van der Waals surface area contributed by atoms with Gasteiger partial charge in [-0.15, -0.1) is 0 Å². The SMILES string of the molecule is COc1ccc2c(O[C@@H]3C[C@H]4C(=O)N[C@]5(C(=O)NS(=O)(=O)C6(C)CC6)C[C@H]5/C=C\CC[C@H](C)C[C@@H](C)[C@H](N(C(=O)O)C(C)(C)C(F)(F)F)C(=O)N4C3)nc(N3CCCC3)cc2c1. The number of hydrogen-bond acceptors (Lipinski definition) is 10. The average Bonchev–Trinajstić information content (AvgIpc) is 3.94. The van der Waals surface area contributed by atoms with Gasteiger partial charge >= 0.3 is 12.3 Å². The van der Waals surface area contributed by atoms with Crippen LogP contribution in [0, 0.1) is 17.8 Å². The fraction of sp³-hybridized carbons (Fsp3) is 0.651. The molecule has 340 valence electrons. The van der Waals surface area contributed by atoms with Crippen LogP contribution in [0.1, 0.15) is 92.4 Å². The van der Waals surface area contributed by atoms with E-state index in [0.29, 0.717) is 56.5 Å². The molecule has 1 aromatic carbocycles. The lowest BCUT2D eigenvalue weighted by molar-refractivity contribution is -0.222. The third-order valence-electron chi connectivity index (χ3n) is 13.7. The number of benzene rings is 1. The van der Waals surface area contributed by atoms with E-state index in [4.69, 9.17) is 14.5 Å². The van der Waals surface area contributed by atoms with Crippen molar-refractivity contribution in [1.29, 1.82) is 0 Å². The molecule has 7 rings (SSSR count). The van der Waals surface area contributed by atoms with Crippen molar-refractivity contribution >= 4 is 50.4 Å². The number of carbonyl (C=O) groups is 4. The summed E-state index contributed by atoms with van der Waals surface area (Å²) in [6.07, 6.45) is -0.871. The standard InChI is InChI=1S/C43H57F3N6O9S/c1-25-11-7-8-12-28-23-42(28,38(55)49-62(58,59)41(5)15-16-41)48-35(53)32-22-30(24-51(32)37(54)34(26(2)19-25)52(39(56)57)40(3,4)43(44,45)46)61-36-31-14-13-29(60-6)20-27(31)21-33(47-36)50-17-9-10-18-50/h8,12-14,20-21,25-26,28,30,32,34H,7,9-11,15-19,22-24H2,1-6H3,(H,48,53)(H,49,55)(H,56,57)/b12-8-/t25-,26+,28+,30+,32-,34-,42+/m0/s1. The van der Waals surface area contributed by atoms with E-state index in [1.807, 2.05) is 25.1 Å². The number of fused-ring (bicyclic) bond motifs is 3. The van der Waals surface area contributed by atoms with Crippen molar-refractivity contribution in [3.8, 4) is 11.6 Å². The van der Waals surface area contributed by atoms with E-state index in [1.54, 1.807) is 25.3 Å². The summed E-state index contributed by atoms with van der Waals surface area (Å²) in [7, 11) is -2.59. The zero-order chi connectivity index (χ0) is 45.2. The van der Waals surface area contributed by atoms with E-state index in [-0.39, 0.29) is 42.5 Å². The highest BCUT2D eigenvalue weighted by Crippen LogP contribution is 2.48. The molecule has 0 bridgehead atoms. The van der Waals surface area contributed by atoms with Crippen molar-refractivity contribution in [2.24, 2.45) is 17.8 Å². The van der Waals surface area contributed by atoms with Gasteiger partial charge in [0, 0.05) is 30.8 Å². The summed E-state index contributed by atoms with van der Waals surface area (Å²) in [6.45, 7) is 7.50. The Hall–Kier alpha value is -4.81. The van der Waals surface area contributed by atoms with Gasteiger partial charge in [-0.25, -0.2) is 13.2 Å². The molecule has 4 fully saturated rings. The number of aromatic nitrogens is 1. The van der Waals surface area contributed by atoms with E-state index in [9.17, 15) is 41.1 Å². The lowest BCUT2D eigenvalue weighted by atomic mass is 9.85. The van der Waals surface area contributed by atoms with E-state index < -0.39 is 85.9 Å². The van der Waals surface area contributed by atoms with Crippen molar-refractivity contribution in [2.75, 3.05) is 31.6 Å². The number of amides is 4. The number of hydrogen-bond donors (Lipinski definition) is 3. The van der Waals surface area contributed by atoms with Crippen LogP contribution in [0.25, 0.3) is 10.8 Å². The van der Waals surface area contributed by atoms with Gasteiger partial charge in [0.05, 0.1) is 18.4 Å². The van der Waals surface area contributed by atoms with Gasteiger partial charge in [-0.05, 0) is 114 Å². The molecule has 2 aromatic rings. The number of anilines is 1. The fourth-order valence-electron chi connectivity index (χ4n) is 9.26. The topological polar surface area (TPSA) is 188 Å².